The monoisotopic (exact) mass is 669 g/mol. The zero-order valence-electron chi connectivity index (χ0n) is 23.4. The third-order valence-corrected chi connectivity index (χ3v) is 9.61. The fourth-order valence-electron chi connectivity index (χ4n) is 5.15. The van der Waals surface area contributed by atoms with Crippen molar-refractivity contribution in [3.63, 3.8) is 0 Å². The number of β-lactam (4-membered cyclic amide) rings is 1. The van der Waals surface area contributed by atoms with Gasteiger partial charge in [-0.15, -0.1) is 11.8 Å². The summed E-state index contributed by atoms with van der Waals surface area (Å²) in [5.74, 6) is -2.10. The molecular formula is C27H24ClN9O6S2. The Bertz CT molecular complexity index is 1950. The first kappa shape index (κ1) is 30.2. The first-order valence-electron chi connectivity index (χ1n) is 13.2. The van der Waals surface area contributed by atoms with Crippen LogP contribution in [0.15, 0.2) is 63.9 Å². The van der Waals surface area contributed by atoms with E-state index in [1.165, 1.54) is 25.1 Å². The first-order chi connectivity index (χ1) is 21.5. The average Bonchev–Trinajstić information content (AvgIpc) is 3.73. The van der Waals surface area contributed by atoms with Gasteiger partial charge in [-0.3, -0.25) is 19.9 Å². The molecule has 0 radical (unpaired) electrons. The number of furan rings is 1. The number of carbonyl (C=O) groups is 3. The number of amidine groups is 1. The molecule has 0 unspecified atom stereocenters. The van der Waals surface area contributed by atoms with Crippen LogP contribution in [0.5, 0.6) is 0 Å². The fraction of sp³-hybridized carbons (Fsp3) is 0.222. The molecule has 15 nitrogen and oxygen atoms in total. The third-order valence-electron chi connectivity index (χ3n) is 7.19. The van der Waals surface area contributed by atoms with Crippen molar-refractivity contribution in [2.24, 2.45) is 10.9 Å². The van der Waals surface area contributed by atoms with Gasteiger partial charge in [-0.1, -0.05) is 28.1 Å². The molecule has 0 saturated carbocycles. The van der Waals surface area contributed by atoms with Crippen LogP contribution in [0, 0.1) is 5.41 Å². The molecule has 4 aromatic heterocycles. The van der Waals surface area contributed by atoms with Crippen LogP contribution in [0.2, 0.25) is 4.34 Å². The lowest BCUT2D eigenvalue weighted by molar-refractivity contribution is -0.687. The molecule has 2 aliphatic rings. The fourth-order valence-corrected chi connectivity index (χ4v) is 7.41. The van der Waals surface area contributed by atoms with E-state index >= 15 is 0 Å². The Morgan fingerprint density at radius 2 is 2.20 bits per heavy atom. The second-order valence-corrected chi connectivity index (χ2v) is 12.8. The van der Waals surface area contributed by atoms with E-state index in [1.54, 1.807) is 6.07 Å². The summed E-state index contributed by atoms with van der Waals surface area (Å²) in [5.41, 5.74) is 12.5. The molecule has 0 bridgehead atoms. The number of carbonyl (C=O) groups excluding carboxylic acids is 3. The highest BCUT2D eigenvalue weighted by atomic mass is 35.5. The molecule has 6 N–H and O–H groups in total. The molecule has 45 heavy (non-hydrogen) atoms. The van der Waals surface area contributed by atoms with Crippen LogP contribution in [-0.2, 0) is 32.3 Å². The molecule has 0 aliphatic carbocycles. The number of nitrogens with one attached hydrogen (secondary N) is 2. The summed E-state index contributed by atoms with van der Waals surface area (Å²) in [4.78, 5) is 48.6. The molecule has 2 amide bonds. The van der Waals surface area contributed by atoms with E-state index in [1.807, 2.05) is 39.9 Å². The second-order valence-electron chi connectivity index (χ2n) is 10.0. The van der Waals surface area contributed by atoms with Gasteiger partial charge in [-0.05, 0) is 12.1 Å². The van der Waals surface area contributed by atoms with Gasteiger partial charge in [0.15, 0.2) is 29.8 Å². The number of anilines is 1. The normalized spacial score (nSPS) is 18.1. The van der Waals surface area contributed by atoms with Crippen LogP contribution in [0.25, 0.3) is 10.9 Å². The van der Waals surface area contributed by atoms with Gasteiger partial charge in [0.2, 0.25) is 0 Å². The molecule has 2 atom stereocenters. The van der Waals surface area contributed by atoms with Crippen LogP contribution in [0.4, 0.5) is 5.13 Å². The summed E-state index contributed by atoms with van der Waals surface area (Å²) in [6.07, 6.45) is 7.01. The number of thioether (sulfide) groups is 1. The first-order valence-corrected chi connectivity index (χ1v) is 15.4. The van der Waals surface area contributed by atoms with Crippen molar-refractivity contribution < 1.29 is 33.3 Å². The molecule has 4 aromatic rings. The minimum atomic E-state index is -1.50. The van der Waals surface area contributed by atoms with E-state index in [2.05, 4.69) is 15.5 Å². The van der Waals surface area contributed by atoms with E-state index in [-0.39, 0.29) is 44.7 Å². The predicted octanol–water partition coefficient (Wildman–Crippen LogP) is 0.000870. The number of pyridine rings is 1. The molecule has 2 aliphatic heterocycles. The van der Waals surface area contributed by atoms with Crippen LogP contribution in [0.3, 0.4) is 0 Å². The smallest absolute Gasteiger partial charge is 0.276 e. The van der Waals surface area contributed by atoms with Crippen molar-refractivity contribution in [1.82, 2.24) is 19.8 Å². The molecular weight excluding hydrogens is 646 g/mol. The number of halogens is 1. The SMILES string of the molecule is CO/N=C(\C(=O)N[C@@H]1C(=O)N2C(C(=O)[O-])=C(C[n+]3ccc4ccn(Cc5cc(C(=N)N)co5)c4c3)CS[C@H]12)c1nc(N)sc1Cl. The van der Waals surface area contributed by atoms with Crippen molar-refractivity contribution in [1.29, 1.82) is 5.41 Å². The largest absolute Gasteiger partial charge is 0.543 e. The number of hydrogen-bond donors (Lipinski definition) is 4. The second kappa shape index (κ2) is 11.9. The number of amides is 2. The molecule has 1 fully saturated rings. The van der Waals surface area contributed by atoms with Gasteiger partial charge in [-0.2, -0.15) is 4.57 Å². The van der Waals surface area contributed by atoms with Gasteiger partial charge in [0, 0.05) is 29.0 Å². The number of fused-ring (bicyclic) bond motifs is 2. The van der Waals surface area contributed by atoms with E-state index < -0.39 is 29.2 Å². The summed E-state index contributed by atoms with van der Waals surface area (Å²) >= 11 is 8.40. The number of nitrogens with two attached hydrogens (primary N) is 2. The number of nitrogens with zero attached hydrogens (tertiary/aromatic N) is 5. The number of nitrogen functional groups attached to an aromatic ring is 2. The third kappa shape index (κ3) is 5.60. The van der Waals surface area contributed by atoms with Gasteiger partial charge in [0.25, 0.3) is 11.8 Å². The lowest BCUT2D eigenvalue weighted by Crippen LogP contribution is -2.71. The lowest BCUT2D eigenvalue weighted by Gasteiger charge is -2.50. The zero-order valence-corrected chi connectivity index (χ0v) is 25.7. The maximum absolute atomic E-state index is 13.2. The number of carboxylic acid groups (broad SMARTS) is 1. The van der Waals surface area contributed by atoms with E-state index in [4.69, 9.17) is 37.7 Å². The minimum absolute atomic E-state index is 0.00107. The standard InChI is InChI=1S/C27H24ClN9O6S2/c1-42-34-18(17-21(28)45-27(31)33-17)23(38)32-19-24(39)37-20(26(40)41)14(11-44-25(19)37)7-35-4-2-12-3-5-36(16(12)9-35)8-15-6-13(10-43-15)22(29)30/h2-6,9-10,19,25H,7-8,11H2,1H3,(H6-,29,30,31,32,33,38,40,41)/b34-18-/t19-,25-/m1/s1. The molecule has 232 valence electrons. The lowest BCUT2D eigenvalue weighted by atomic mass is 10.0. The molecule has 6 heterocycles. The molecule has 0 aromatic carbocycles. The Kier molecular flexibility index (Phi) is 7.98. The molecule has 0 spiro atoms. The molecule has 18 heteroatoms. The number of hydrogen-bond acceptors (Lipinski definition) is 12. The Balaban J connectivity index is 1.21. The Morgan fingerprint density at radius 1 is 1.40 bits per heavy atom. The van der Waals surface area contributed by atoms with Crippen molar-refractivity contribution in [3.05, 3.63) is 75.7 Å². The number of rotatable bonds is 10. The number of aliphatic carboxylic acids is 1. The number of thiazole rings is 1. The maximum atomic E-state index is 13.2. The minimum Gasteiger partial charge on any atom is -0.543 e. The Labute approximate surface area is 267 Å². The van der Waals surface area contributed by atoms with Crippen LogP contribution < -0.4 is 26.5 Å². The van der Waals surface area contributed by atoms with E-state index in [9.17, 15) is 19.5 Å². The Hall–Kier alpha value is -4.87. The van der Waals surface area contributed by atoms with Crippen molar-refractivity contribution in [3.8, 4) is 0 Å². The summed E-state index contributed by atoms with van der Waals surface area (Å²) in [7, 11) is 1.24. The number of aromatic nitrogens is 3. The molecule has 1 saturated heterocycles. The summed E-state index contributed by atoms with van der Waals surface area (Å²) in [6.45, 7) is 0.564. The van der Waals surface area contributed by atoms with Crippen LogP contribution in [0.1, 0.15) is 17.0 Å². The van der Waals surface area contributed by atoms with Crippen LogP contribution >= 0.6 is 34.7 Å². The predicted molar refractivity (Wildman–Crippen MR) is 163 cm³/mol. The highest BCUT2D eigenvalue weighted by Gasteiger charge is 2.53. The van der Waals surface area contributed by atoms with Crippen molar-refractivity contribution in [2.75, 3.05) is 18.6 Å². The van der Waals surface area contributed by atoms with E-state index in [0.717, 1.165) is 27.1 Å². The van der Waals surface area contributed by atoms with E-state index in [0.29, 0.717) is 23.4 Å². The highest BCUT2D eigenvalue weighted by molar-refractivity contribution is 8.00. The number of oxime groups is 1. The van der Waals surface area contributed by atoms with Gasteiger partial charge in [0.1, 0.15) is 51.9 Å². The van der Waals surface area contributed by atoms with Crippen molar-refractivity contribution in [2.45, 2.75) is 24.5 Å². The van der Waals surface area contributed by atoms with Gasteiger partial charge in [-0.25, -0.2) is 4.98 Å². The molecule has 6 rings (SSSR count). The van der Waals surface area contributed by atoms with Crippen LogP contribution in [-0.4, -0.2) is 68.1 Å². The van der Waals surface area contributed by atoms with Gasteiger partial charge < -0.3 is 40.5 Å². The average molecular weight is 670 g/mol. The van der Waals surface area contributed by atoms with Crippen molar-refractivity contribution >= 4 is 80.1 Å². The summed E-state index contributed by atoms with van der Waals surface area (Å²) < 4.78 is 9.43. The zero-order chi connectivity index (χ0) is 32.0. The topological polar surface area (TPSA) is 222 Å². The summed E-state index contributed by atoms with van der Waals surface area (Å²) in [6, 6.07) is 4.50. The number of carboxylic acids is 1. The Morgan fingerprint density at radius 3 is 2.87 bits per heavy atom. The highest BCUT2D eigenvalue weighted by Crippen LogP contribution is 2.40. The van der Waals surface area contributed by atoms with Gasteiger partial charge >= 0.3 is 0 Å². The maximum Gasteiger partial charge on any atom is 0.276 e. The summed E-state index contributed by atoms with van der Waals surface area (Å²) in [5, 5.41) is 26.6. The quantitative estimate of drug-likeness (QED) is 0.0582. The van der Waals surface area contributed by atoms with Gasteiger partial charge in [0.05, 0.1) is 23.8 Å².